The number of fused-ring (bicyclic) bond motifs is 2. The molecule has 0 bridgehead atoms. The third-order valence-electron chi connectivity index (χ3n) is 6.22. The van der Waals surface area contributed by atoms with E-state index in [4.69, 9.17) is 0 Å². The molecule has 18 heteroatoms. The van der Waals surface area contributed by atoms with Crippen LogP contribution in [0.4, 0.5) is 14.3 Å². The number of rotatable bonds is 4. The minimum atomic E-state index is -5.21. The number of aromatic nitrogens is 1. The summed E-state index contributed by atoms with van der Waals surface area (Å²) in [6.45, 7) is -0.609. The number of nitrogens with zero attached hydrogens (tertiary/aromatic N) is 3. The van der Waals surface area contributed by atoms with Crippen molar-refractivity contribution in [3.05, 3.63) is 73.1 Å². The van der Waals surface area contributed by atoms with Crippen LogP contribution in [0.5, 0.6) is 0 Å². The first kappa shape index (κ1) is 32.0. The maximum Gasteiger partial charge on any atom is 1.00 e. The van der Waals surface area contributed by atoms with Crippen LogP contribution in [0.25, 0.3) is 5.57 Å². The van der Waals surface area contributed by atoms with Crippen LogP contribution >= 0.6 is 0 Å². The summed E-state index contributed by atoms with van der Waals surface area (Å²) in [6.07, 6.45) is 0. The topological polar surface area (TPSA) is 165 Å². The average Bonchev–Trinajstić information content (AvgIpc) is 3.13. The second kappa shape index (κ2) is 10.1. The van der Waals surface area contributed by atoms with E-state index in [9.17, 15) is 36.1 Å². The fraction of sp³-hybridized carbons (Fsp3) is 0.211. The molecule has 2 aliphatic heterocycles. The normalized spacial score (nSPS) is 16.8. The number of nitro benzene ring substituents is 1. The van der Waals surface area contributed by atoms with Crippen LogP contribution in [0, 0.1) is 24.0 Å². The summed E-state index contributed by atoms with van der Waals surface area (Å²) in [5, 5.41) is 11.1. The van der Waals surface area contributed by atoms with E-state index in [-0.39, 0.29) is 98.5 Å². The summed E-state index contributed by atoms with van der Waals surface area (Å²) >= 11 is 0. The van der Waals surface area contributed by atoms with Crippen molar-refractivity contribution in [2.75, 3.05) is 0 Å². The molecule has 186 valence electrons. The molecule has 37 heavy (non-hydrogen) atoms. The zero-order valence-corrected chi connectivity index (χ0v) is 26.2. The molecule has 1 aromatic heterocycles. The monoisotopic (exact) mass is 573 g/mol. The van der Waals surface area contributed by atoms with Crippen molar-refractivity contribution >= 4 is 44.2 Å². The molecule has 0 saturated carbocycles. The molecule has 4 rings (SSSR count). The first-order chi connectivity index (χ1) is 15.9. The van der Waals surface area contributed by atoms with Crippen molar-refractivity contribution in [1.29, 1.82) is 0 Å². The van der Waals surface area contributed by atoms with Gasteiger partial charge in [0.05, 0.1) is 15.4 Å². The molecule has 0 radical (unpaired) electrons. The molecule has 0 amide bonds. The third kappa shape index (κ3) is 4.75. The second-order valence-electron chi connectivity index (χ2n) is 8.19. The van der Waals surface area contributed by atoms with Crippen molar-refractivity contribution in [3.8, 4) is 0 Å². The van der Waals surface area contributed by atoms with Crippen molar-refractivity contribution in [2.24, 2.45) is 0 Å². The van der Waals surface area contributed by atoms with E-state index in [1.165, 1.54) is 12.1 Å². The molecule has 0 N–H and O–H groups in total. The van der Waals surface area contributed by atoms with Crippen molar-refractivity contribution in [3.63, 3.8) is 0 Å². The zero-order chi connectivity index (χ0) is 26.4. The first-order valence-electron chi connectivity index (χ1n) is 9.92. The van der Waals surface area contributed by atoms with Gasteiger partial charge in [-0.05, 0) is 44.0 Å². The van der Waals surface area contributed by atoms with E-state index >= 15 is 8.63 Å². The van der Waals surface area contributed by atoms with Gasteiger partial charge in [0.25, 0.3) is 5.69 Å². The van der Waals surface area contributed by atoms with Crippen LogP contribution in [0.1, 0.15) is 36.4 Å². The van der Waals surface area contributed by atoms with Crippen molar-refractivity contribution in [2.45, 2.75) is 32.6 Å². The molecule has 2 aliphatic rings. The van der Waals surface area contributed by atoms with Gasteiger partial charge in [-0.1, -0.05) is 0 Å². The minimum Gasteiger partial charge on any atom is -0.744 e. The second-order valence-corrected chi connectivity index (χ2v) is 10.8. The average molecular weight is 573 g/mol. The number of hydrogen-bond acceptors (Lipinski definition) is 8. The van der Waals surface area contributed by atoms with Gasteiger partial charge in [-0.2, -0.15) is 0 Å². The smallest absolute Gasteiger partial charge is 0.744 e. The Balaban J connectivity index is 0.00000241. The van der Waals surface area contributed by atoms with Gasteiger partial charge in [-0.15, -0.1) is 0 Å². The zero-order valence-electron chi connectivity index (χ0n) is 20.6. The van der Waals surface area contributed by atoms with Crippen LogP contribution in [0.3, 0.4) is 0 Å². The van der Waals surface area contributed by atoms with Gasteiger partial charge in [0.2, 0.25) is 0 Å². The van der Waals surface area contributed by atoms with Crippen LogP contribution < -0.4 is 59.1 Å². The van der Waals surface area contributed by atoms with E-state index in [0.717, 1.165) is 39.8 Å². The summed E-state index contributed by atoms with van der Waals surface area (Å²) in [5.74, 6) is 0. The van der Waals surface area contributed by atoms with E-state index in [0.29, 0.717) is 8.96 Å². The van der Waals surface area contributed by atoms with Gasteiger partial charge in [-0.3, -0.25) is 10.1 Å². The Morgan fingerprint density at radius 2 is 1.46 bits per heavy atom. The number of hydrogen-bond donors (Lipinski definition) is 0. The maximum absolute atomic E-state index is 16.0. The van der Waals surface area contributed by atoms with E-state index in [2.05, 4.69) is 0 Å². The molecule has 0 unspecified atom stereocenters. The van der Waals surface area contributed by atoms with Crippen LogP contribution in [0.15, 0.2) is 45.3 Å². The summed E-state index contributed by atoms with van der Waals surface area (Å²) in [5.41, 5.74) is -2.84. The summed E-state index contributed by atoms with van der Waals surface area (Å²) < 4.78 is 105. The molecular weight excluding hydrogens is 557 g/mol. The van der Waals surface area contributed by atoms with Gasteiger partial charge in [0.1, 0.15) is 30.9 Å². The molecule has 2 aromatic rings. The maximum atomic E-state index is 16.0. The van der Waals surface area contributed by atoms with Gasteiger partial charge in [0, 0.05) is 36.0 Å². The van der Waals surface area contributed by atoms with Crippen LogP contribution in [-0.2, 0) is 20.2 Å². The van der Waals surface area contributed by atoms with Gasteiger partial charge >= 0.3 is 66.1 Å². The van der Waals surface area contributed by atoms with Gasteiger partial charge < -0.3 is 26.7 Å². The Hall–Kier alpha value is -1.21. The Morgan fingerprint density at radius 3 is 1.89 bits per heavy atom. The Kier molecular flexibility index (Phi) is 8.72. The number of allylic oxidation sites excluding steroid dienone is 2. The molecule has 3 heterocycles. The number of halogens is 2. The first-order valence-corrected chi connectivity index (χ1v) is 12.7. The Bertz CT molecular complexity index is 1680. The van der Waals surface area contributed by atoms with E-state index < -0.39 is 53.3 Å². The number of nitro groups is 1. The SMILES string of the molecule is CC1=C(S(=O)(=O)[O-])C(C)=[N+]2C1=C(c1ccc([N+](=O)[O-])cc1)c1c(C)c(S(=O)(=O)[O-])c(C)n1[B-]2(F)F.[Na+].[Na+]. The van der Waals surface area contributed by atoms with Crippen LogP contribution in [0.2, 0.25) is 0 Å². The molecule has 0 fully saturated rings. The van der Waals surface area contributed by atoms with Crippen molar-refractivity contribution < 1.29 is 103 Å². The summed E-state index contributed by atoms with van der Waals surface area (Å²) in [6, 6.07) is 4.61. The standard InChI is InChI=1S/C19H18BF2N3O8S2.2Na/c1-9-16-15(13-5-7-14(8-6-13)25(26)27)17-10(2)19(35(31,32)33)12(4)24(17)20(21,22)23(16)11(3)18(9)34(28,29)30;;/h5-8H,1-4H3,(H,28,29,30)(H,31,32,33);;/q;2*+1/p-2. The quantitative estimate of drug-likeness (QED) is 0.156. The molecule has 11 nitrogen and oxygen atoms in total. The van der Waals surface area contributed by atoms with Gasteiger partial charge in [-0.25, -0.2) is 16.8 Å². The molecule has 0 aliphatic carbocycles. The van der Waals surface area contributed by atoms with E-state index in [1.54, 1.807) is 0 Å². The summed E-state index contributed by atoms with van der Waals surface area (Å²) in [4.78, 5) is 8.69. The fourth-order valence-corrected chi connectivity index (χ4v) is 6.92. The predicted octanol–water partition coefficient (Wildman–Crippen LogP) is -3.77. The molecule has 0 saturated heterocycles. The molecule has 0 spiro atoms. The largest absolute Gasteiger partial charge is 1.00 e. The number of non-ortho nitro benzene ring substituents is 1. The molecule has 0 atom stereocenters. The van der Waals surface area contributed by atoms with E-state index in [1.807, 2.05) is 0 Å². The van der Waals surface area contributed by atoms with Gasteiger partial charge in [0.15, 0.2) is 5.70 Å². The summed E-state index contributed by atoms with van der Waals surface area (Å²) in [7, 11) is -10.4. The Labute approximate surface area is 255 Å². The fourth-order valence-electron chi connectivity index (χ4n) is 5.05. The predicted molar refractivity (Wildman–Crippen MR) is 118 cm³/mol. The molecular formula is C19H16BF2N3Na2O8S2. The third-order valence-corrected chi connectivity index (χ3v) is 8.42. The molecule has 1 aromatic carbocycles. The van der Waals surface area contributed by atoms with Crippen LogP contribution in [-0.4, -0.2) is 52.5 Å². The number of benzene rings is 1. The Morgan fingerprint density at radius 1 is 0.946 bits per heavy atom. The van der Waals surface area contributed by atoms with Crippen molar-refractivity contribution in [1.82, 2.24) is 4.48 Å². The minimum absolute atomic E-state index is 0.